The van der Waals surface area contributed by atoms with Crippen molar-refractivity contribution < 1.29 is 4.74 Å². The van der Waals surface area contributed by atoms with Crippen LogP contribution in [-0.4, -0.2) is 66.7 Å². The molecule has 3 fully saturated rings. The first-order chi connectivity index (χ1) is 9.80. The van der Waals surface area contributed by atoms with Crippen LogP contribution in [0.15, 0.2) is 0 Å². The predicted molar refractivity (Wildman–Crippen MR) is 83.5 cm³/mol. The Bertz CT molecular complexity index is 307. The number of hydrogen-bond acceptors (Lipinski definition) is 3. The summed E-state index contributed by atoms with van der Waals surface area (Å²) in [4.78, 5) is 5.12. The van der Waals surface area contributed by atoms with Crippen molar-refractivity contribution in [1.82, 2.24) is 9.80 Å². The second-order valence-electron chi connectivity index (χ2n) is 6.85. The molecule has 1 aliphatic carbocycles. The molecule has 3 nitrogen and oxygen atoms in total. The van der Waals surface area contributed by atoms with Crippen LogP contribution < -0.4 is 0 Å². The molecular weight excluding hydrogens is 272 g/mol. The van der Waals surface area contributed by atoms with Crippen molar-refractivity contribution in [3.05, 3.63) is 0 Å². The molecule has 2 aliphatic heterocycles. The largest absolute Gasteiger partial charge is 0.370 e. The van der Waals surface area contributed by atoms with E-state index in [0.717, 1.165) is 19.0 Å². The first kappa shape index (κ1) is 15.1. The fourth-order valence-electron chi connectivity index (χ4n) is 4.25. The summed E-state index contributed by atoms with van der Waals surface area (Å²) in [5.74, 6) is 0.758. The Morgan fingerprint density at radius 2 is 1.70 bits per heavy atom. The van der Waals surface area contributed by atoms with E-state index < -0.39 is 0 Å². The molecule has 0 aromatic rings. The summed E-state index contributed by atoms with van der Waals surface area (Å²) in [6, 6.07) is 0. The van der Waals surface area contributed by atoms with Gasteiger partial charge in [-0.1, -0.05) is 12.8 Å². The van der Waals surface area contributed by atoms with Crippen LogP contribution in [-0.2, 0) is 4.74 Å². The SMILES string of the molecule is ClCCN1CCCN(CC2CCC3(CCCC3)O2)CC1. The second-order valence-corrected chi connectivity index (χ2v) is 7.23. The average Bonchev–Trinajstić information content (AvgIpc) is 3.00. The van der Waals surface area contributed by atoms with Gasteiger partial charge in [0.25, 0.3) is 0 Å². The van der Waals surface area contributed by atoms with Gasteiger partial charge in [0, 0.05) is 32.1 Å². The van der Waals surface area contributed by atoms with E-state index in [1.165, 1.54) is 71.1 Å². The van der Waals surface area contributed by atoms with Gasteiger partial charge in [0.1, 0.15) is 0 Å². The highest BCUT2D eigenvalue weighted by atomic mass is 35.5. The standard InChI is InChI=1S/C16H29ClN2O/c17-8-11-18-9-3-10-19(13-12-18)14-15-4-7-16(20-15)5-1-2-6-16/h15H,1-14H2. The normalized spacial score (nSPS) is 31.9. The van der Waals surface area contributed by atoms with Crippen molar-refractivity contribution in [1.29, 1.82) is 0 Å². The lowest BCUT2D eigenvalue weighted by atomic mass is 9.98. The van der Waals surface area contributed by atoms with Gasteiger partial charge in [-0.3, -0.25) is 4.90 Å². The van der Waals surface area contributed by atoms with E-state index in [9.17, 15) is 0 Å². The summed E-state index contributed by atoms with van der Waals surface area (Å²) >= 11 is 5.86. The molecule has 0 amide bonds. The smallest absolute Gasteiger partial charge is 0.0710 e. The Balaban J connectivity index is 1.44. The lowest BCUT2D eigenvalue weighted by molar-refractivity contribution is -0.0468. The van der Waals surface area contributed by atoms with Crippen molar-refractivity contribution in [3.63, 3.8) is 0 Å². The van der Waals surface area contributed by atoms with E-state index in [0.29, 0.717) is 11.7 Å². The first-order valence-corrected chi connectivity index (χ1v) is 9.02. The molecule has 2 heterocycles. The number of hydrogen-bond donors (Lipinski definition) is 0. The summed E-state index contributed by atoms with van der Waals surface area (Å²) in [5.41, 5.74) is 0.293. The summed E-state index contributed by atoms with van der Waals surface area (Å²) in [5, 5.41) is 0. The van der Waals surface area contributed by atoms with Crippen LogP contribution in [0.5, 0.6) is 0 Å². The van der Waals surface area contributed by atoms with Crippen molar-refractivity contribution in [2.75, 3.05) is 45.1 Å². The summed E-state index contributed by atoms with van der Waals surface area (Å²) < 4.78 is 6.45. The van der Waals surface area contributed by atoms with E-state index in [4.69, 9.17) is 16.3 Å². The van der Waals surface area contributed by atoms with Crippen LogP contribution in [0.4, 0.5) is 0 Å². The van der Waals surface area contributed by atoms with Crippen molar-refractivity contribution in [2.45, 2.75) is 56.7 Å². The van der Waals surface area contributed by atoms with E-state index in [-0.39, 0.29) is 0 Å². The molecule has 3 rings (SSSR count). The van der Waals surface area contributed by atoms with E-state index in [1.54, 1.807) is 0 Å². The minimum Gasteiger partial charge on any atom is -0.370 e. The zero-order chi connectivity index (χ0) is 13.8. The Labute approximate surface area is 128 Å². The quantitative estimate of drug-likeness (QED) is 0.743. The van der Waals surface area contributed by atoms with Gasteiger partial charge >= 0.3 is 0 Å². The Morgan fingerprint density at radius 3 is 2.50 bits per heavy atom. The maximum absolute atomic E-state index is 6.45. The minimum atomic E-state index is 0.293. The zero-order valence-electron chi connectivity index (χ0n) is 12.7. The highest BCUT2D eigenvalue weighted by Crippen LogP contribution is 2.43. The number of alkyl halides is 1. The average molecular weight is 301 g/mol. The van der Waals surface area contributed by atoms with Crippen LogP contribution in [0.1, 0.15) is 44.9 Å². The molecule has 0 aromatic carbocycles. The number of halogens is 1. The van der Waals surface area contributed by atoms with Gasteiger partial charge in [0.2, 0.25) is 0 Å². The Hall–Kier alpha value is 0.170. The third-order valence-electron chi connectivity index (χ3n) is 5.40. The van der Waals surface area contributed by atoms with E-state index >= 15 is 0 Å². The predicted octanol–water partition coefficient (Wildman–Crippen LogP) is 2.72. The number of rotatable bonds is 4. The zero-order valence-corrected chi connectivity index (χ0v) is 13.4. The summed E-state index contributed by atoms with van der Waals surface area (Å²) in [6.07, 6.45) is 9.74. The van der Waals surface area contributed by atoms with Crippen LogP contribution in [0, 0.1) is 0 Å². The molecule has 116 valence electrons. The van der Waals surface area contributed by atoms with E-state index in [1.807, 2.05) is 0 Å². The highest BCUT2D eigenvalue weighted by Gasteiger charge is 2.42. The van der Waals surface area contributed by atoms with Gasteiger partial charge in [-0.05, 0) is 45.2 Å². The fraction of sp³-hybridized carbons (Fsp3) is 1.00. The lowest BCUT2D eigenvalue weighted by Crippen LogP contribution is -2.37. The Kier molecular flexibility index (Phi) is 5.24. The van der Waals surface area contributed by atoms with Gasteiger partial charge in [0.15, 0.2) is 0 Å². The maximum Gasteiger partial charge on any atom is 0.0710 e. The second kappa shape index (κ2) is 6.95. The summed E-state index contributed by atoms with van der Waals surface area (Å²) in [6.45, 7) is 6.98. The molecule has 2 saturated heterocycles. The molecule has 1 unspecified atom stereocenters. The highest BCUT2D eigenvalue weighted by molar-refractivity contribution is 6.18. The molecule has 4 heteroatoms. The monoisotopic (exact) mass is 300 g/mol. The van der Waals surface area contributed by atoms with Crippen LogP contribution in [0.3, 0.4) is 0 Å². The number of nitrogens with zero attached hydrogens (tertiary/aromatic N) is 2. The van der Waals surface area contributed by atoms with Crippen LogP contribution in [0.2, 0.25) is 0 Å². The summed E-state index contributed by atoms with van der Waals surface area (Å²) in [7, 11) is 0. The molecule has 20 heavy (non-hydrogen) atoms. The van der Waals surface area contributed by atoms with E-state index in [2.05, 4.69) is 9.80 Å². The Morgan fingerprint density at radius 1 is 0.950 bits per heavy atom. The molecule has 1 atom stereocenters. The van der Waals surface area contributed by atoms with Crippen LogP contribution >= 0.6 is 11.6 Å². The van der Waals surface area contributed by atoms with Gasteiger partial charge in [-0.2, -0.15) is 0 Å². The van der Waals surface area contributed by atoms with Gasteiger partial charge in [-0.15, -0.1) is 11.6 Å². The van der Waals surface area contributed by atoms with Gasteiger partial charge in [0.05, 0.1) is 11.7 Å². The molecule has 0 radical (unpaired) electrons. The third-order valence-corrected chi connectivity index (χ3v) is 5.57. The van der Waals surface area contributed by atoms with Crippen molar-refractivity contribution >= 4 is 11.6 Å². The maximum atomic E-state index is 6.45. The topological polar surface area (TPSA) is 15.7 Å². The fourth-order valence-corrected chi connectivity index (χ4v) is 4.49. The van der Waals surface area contributed by atoms with Crippen molar-refractivity contribution in [3.8, 4) is 0 Å². The minimum absolute atomic E-state index is 0.293. The van der Waals surface area contributed by atoms with Gasteiger partial charge in [-0.25, -0.2) is 0 Å². The van der Waals surface area contributed by atoms with Crippen LogP contribution in [0.25, 0.3) is 0 Å². The number of ether oxygens (including phenoxy) is 1. The molecule has 1 spiro atoms. The van der Waals surface area contributed by atoms with Crippen molar-refractivity contribution in [2.24, 2.45) is 0 Å². The first-order valence-electron chi connectivity index (χ1n) is 8.48. The third kappa shape index (κ3) is 3.68. The lowest BCUT2D eigenvalue weighted by Gasteiger charge is -2.27. The molecule has 1 saturated carbocycles. The van der Waals surface area contributed by atoms with Gasteiger partial charge < -0.3 is 9.64 Å². The molecule has 0 N–H and O–H groups in total. The molecular formula is C16H29ClN2O. The molecule has 0 aromatic heterocycles. The molecule has 0 bridgehead atoms. The molecule has 3 aliphatic rings.